The quantitative estimate of drug-likeness (QED) is 0.826. The van der Waals surface area contributed by atoms with Gasteiger partial charge in [0.15, 0.2) is 0 Å². The van der Waals surface area contributed by atoms with Crippen LogP contribution in [0, 0.1) is 5.92 Å². The maximum Gasteiger partial charge on any atom is 0.141 e. The molecule has 0 aliphatic carbocycles. The Morgan fingerprint density at radius 1 is 1.56 bits per heavy atom. The zero-order valence-electron chi connectivity index (χ0n) is 11.4. The van der Waals surface area contributed by atoms with E-state index >= 15 is 0 Å². The Labute approximate surface area is 113 Å². The van der Waals surface area contributed by atoms with Gasteiger partial charge in [-0.05, 0) is 25.8 Å². The summed E-state index contributed by atoms with van der Waals surface area (Å²) in [5.74, 6) is 0.237. The Morgan fingerprint density at radius 3 is 2.72 bits per heavy atom. The summed E-state index contributed by atoms with van der Waals surface area (Å²) in [7, 11) is 1.83. The molecule has 0 aliphatic heterocycles. The molecule has 0 fully saturated rings. The number of hydrogen-bond donors (Lipinski definition) is 1. The lowest BCUT2D eigenvalue weighted by atomic mass is 9.97. The van der Waals surface area contributed by atoms with E-state index in [9.17, 15) is 4.79 Å². The van der Waals surface area contributed by atoms with Crippen molar-refractivity contribution in [1.29, 1.82) is 0 Å². The lowest BCUT2D eigenvalue weighted by Crippen LogP contribution is -2.17. The van der Waals surface area contributed by atoms with Crippen molar-refractivity contribution >= 4 is 17.4 Å². The van der Waals surface area contributed by atoms with Crippen LogP contribution in [0.15, 0.2) is 0 Å². The van der Waals surface area contributed by atoms with E-state index in [1.54, 1.807) is 4.68 Å². The van der Waals surface area contributed by atoms with Gasteiger partial charge in [-0.25, -0.2) is 0 Å². The predicted molar refractivity (Wildman–Crippen MR) is 73.8 cm³/mol. The SMILES string of the molecule is CCc1nn(C)c(CC(=O)C(C)CCCN)c1Cl. The number of halogens is 1. The van der Waals surface area contributed by atoms with E-state index in [0.717, 1.165) is 30.7 Å². The molecule has 1 heterocycles. The zero-order chi connectivity index (χ0) is 13.7. The minimum atomic E-state index is 0.0320. The summed E-state index contributed by atoms with van der Waals surface area (Å²) in [6.45, 7) is 4.58. The van der Waals surface area contributed by atoms with Gasteiger partial charge in [-0.3, -0.25) is 9.48 Å². The first-order valence-corrected chi connectivity index (χ1v) is 6.82. The molecule has 1 aromatic rings. The van der Waals surface area contributed by atoms with E-state index in [1.165, 1.54) is 0 Å². The number of rotatable bonds is 7. The number of ketones is 1. The molecule has 5 heteroatoms. The minimum absolute atomic E-state index is 0.0320. The maximum atomic E-state index is 12.1. The van der Waals surface area contributed by atoms with Gasteiger partial charge < -0.3 is 5.73 Å². The van der Waals surface area contributed by atoms with Crippen molar-refractivity contribution in [2.45, 2.75) is 39.5 Å². The average Bonchev–Trinajstić information content (AvgIpc) is 2.63. The second-order valence-corrected chi connectivity index (χ2v) is 5.04. The van der Waals surface area contributed by atoms with Gasteiger partial charge in [-0.2, -0.15) is 5.10 Å². The summed E-state index contributed by atoms with van der Waals surface area (Å²) in [5.41, 5.74) is 7.13. The van der Waals surface area contributed by atoms with Gasteiger partial charge in [0, 0.05) is 13.0 Å². The lowest BCUT2D eigenvalue weighted by molar-refractivity contribution is -0.122. The van der Waals surface area contributed by atoms with Crippen molar-refractivity contribution in [3.63, 3.8) is 0 Å². The third-order valence-corrected chi connectivity index (χ3v) is 3.67. The Kier molecular flexibility index (Phi) is 5.82. The number of nitrogens with two attached hydrogens (primary N) is 1. The molecule has 0 aromatic carbocycles. The Balaban J connectivity index is 2.72. The fourth-order valence-electron chi connectivity index (χ4n) is 1.94. The van der Waals surface area contributed by atoms with Crippen LogP contribution in [0.1, 0.15) is 38.1 Å². The Hall–Kier alpha value is -0.870. The molecule has 18 heavy (non-hydrogen) atoms. The van der Waals surface area contributed by atoms with Crippen LogP contribution in [-0.2, 0) is 24.7 Å². The minimum Gasteiger partial charge on any atom is -0.330 e. The summed E-state index contributed by atoms with van der Waals surface area (Å²) in [5, 5.41) is 4.95. The molecule has 0 radical (unpaired) electrons. The van der Waals surface area contributed by atoms with Crippen LogP contribution in [0.4, 0.5) is 0 Å². The van der Waals surface area contributed by atoms with Gasteiger partial charge in [-0.1, -0.05) is 25.4 Å². The molecule has 1 aromatic heterocycles. The second kappa shape index (κ2) is 6.90. The van der Waals surface area contributed by atoms with Gasteiger partial charge in [0.05, 0.1) is 22.8 Å². The van der Waals surface area contributed by atoms with Gasteiger partial charge in [0.25, 0.3) is 0 Å². The molecule has 2 N–H and O–H groups in total. The van der Waals surface area contributed by atoms with Crippen LogP contribution in [0.25, 0.3) is 0 Å². The van der Waals surface area contributed by atoms with Crippen LogP contribution >= 0.6 is 11.6 Å². The Morgan fingerprint density at radius 2 is 2.22 bits per heavy atom. The van der Waals surface area contributed by atoms with E-state index in [4.69, 9.17) is 17.3 Å². The standard InChI is InChI=1S/C13H22ClN3O/c1-4-10-13(14)11(17(3)16-10)8-12(18)9(2)6-5-7-15/h9H,4-8,15H2,1-3H3. The molecule has 0 spiro atoms. The molecule has 4 nitrogen and oxygen atoms in total. The number of carbonyl (C=O) groups is 1. The highest BCUT2D eigenvalue weighted by Gasteiger charge is 2.19. The van der Waals surface area contributed by atoms with Crippen LogP contribution in [-0.4, -0.2) is 22.1 Å². The maximum absolute atomic E-state index is 12.1. The molecule has 0 amide bonds. The summed E-state index contributed by atoms with van der Waals surface area (Å²) in [6.07, 6.45) is 2.86. The van der Waals surface area contributed by atoms with Crippen LogP contribution in [0.3, 0.4) is 0 Å². The van der Waals surface area contributed by atoms with Crippen molar-refractivity contribution in [2.24, 2.45) is 18.7 Å². The van der Waals surface area contributed by atoms with Gasteiger partial charge in [0.2, 0.25) is 0 Å². The second-order valence-electron chi connectivity index (χ2n) is 4.66. The van der Waals surface area contributed by atoms with E-state index in [-0.39, 0.29) is 11.7 Å². The fourth-order valence-corrected chi connectivity index (χ4v) is 2.30. The first kappa shape index (κ1) is 15.2. The summed E-state index contributed by atoms with van der Waals surface area (Å²) >= 11 is 6.23. The third kappa shape index (κ3) is 3.56. The zero-order valence-corrected chi connectivity index (χ0v) is 12.1. The highest BCUT2D eigenvalue weighted by Crippen LogP contribution is 2.22. The number of aryl methyl sites for hydroxylation is 2. The number of nitrogens with zero attached hydrogens (tertiary/aromatic N) is 2. The number of aromatic nitrogens is 2. The molecule has 102 valence electrons. The normalized spacial score (nSPS) is 12.7. The van der Waals surface area contributed by atoms with E-state index in [1.807, 2.05) is 20.9 Å². The molecule has 1 atom stereocenters. The Bertz CT molecular complexity index is 415. The molecule has 1 rings (SSSR count). The van der Waals surface area contributed by atoms with Gasteiger partial charge in [0.1, 0.15) is 5.78 Å². The lowest BCUT2D eigenvalue weighted by Gasteiger charge is -2.10. The average molecular weight is 272 g/mol. The molecular formula is C13H22ClN3O. The predicted octanol–water partition coefficient (Wildman–Crippen LogP) is 2.12. The number of carbonyl (C=O) groups excluding carboxylic acids is 1. The summed E-state index contributed by atoms with van der Waals surface area (Å²) < 4.78 is 1.72. The van der Waals surface area contributed by atoms with Crippen LogP contribution in [0.2, 0.25) is 5.02 Å². The number of hydrogen-bond acceptors (Lipinski definition) is 3. The van der Waals surface area contributed by atoms with Crippen LogP contribution < -0.4 is 5.73 Å². The highest BCUT2D eigenvalue weighted by atomic mass is 35.5. The largest absolute Gasteiger partial charge is 0.330 e. The van der Waals surface area contributed by atoms with Crippen LogP contribution in [0.5, 0.6) is 0 Å². The van der Waals surface area contributed by atoms with E-state index in [2.05, 4.69) is 5.10 Å². The number of Topliss-reactive ketones (excluding diaryl/α,β-unsaturated/α-hetero) is 1. The van der Waals surface area contributed by atoms with Crippen molar-refractivity contribution in [2.75, 3.05) is 6.54 Å². The monoisotopic (exact) mass is 271 g/mol. The summed E-state index contributed by atoms with van der Waals surface area (Å²) in [4.78, 5) is 12.1. The van der Waals surface area contributed by atoms with Gasteiger partial charge >= 0.3 is 0 Å². The molecule has 0 saturated carbocycles. The third-order valence-electron chi connectivity index (χ3n) is 3.24. The summed E-state index contributed by atoms with van der Waals surface area (Å²) in [6, 6.07) is 0. The topological polar surface area (TPSA) is 60.9 Å². The van der Waals surface area contributed by atoms with E-state index < -0.39 is 0 Å². The van der Waals surface area contributed by atoms with Gasteiger partial charge in [-0.15, -0.1) is 0 Å². The fraction of sp³-hybridized carbons (Fsp3) is 0.692. The molecular weight excluding hydrogens is 250 g/mol. The first-order valence-electron chi connectivity index (χ1n) is 6.44. The van der Waals surface area contributed by atoms with E-state index in [0.29, 0.717) is 18.0 Å². The first-order chi connectivity index (χ1) is 8.51. The molecule has 0 saturated heterocycles. The highest BCUT2D eigenvalue weighted by molar-refractivity contribution is 6.32. The van der Waals surface area contributed by atoms with Crippen molar-refractivity contribution in [1.82, 2.24) is 9.78 Å². The molecule has 1 unspecified atom stereocenters. The van der Waals surface area contributed by atoms with Crippen molar-refractivity contribution in [3.8, 4) is 0 Å². The smallest absolute Gasteiger partial charge is 0.141 e. The van der Waals surface area contributed by atoms with Crippen molar-refractivity contribution < 1.29 is 4.79 Å². The molecule has 0 bridgehead atoms. The molecule has 0 aliphatic rings. The van der Waals surface area contributed by atoms with Crippen molar-refractivity contribution in [3.05, 3.63) is 16.4 Å².